The van der Waals surface area contributed by atoms with E-state index in [9.17, 15) is 9.90 Å². The van der Waals surface area contributed by atoms with Crippen molar-refractivity contribution in [1.29, 1.82) is 5.26 Å². The van der Waals surface area contributed by atoms with Crippen molar-refractivity contribution in [3.63, 3.8) is 0 Å². The Labute approximate surface area is 124 Å². The van der Waals surface area contributed by atoms with Crippen LogP contribution in [0.5, 0.6) is 5.75 Å². The summed E-state index contributed by atoms with van der Waals surface area (Å²) in [7, 11) is 0. The molecule has 3 N–H and O–H groups in total. The minimum Gasteiger partial charge on any atom is -0.489 e. The van der Waals surface area contributed by atoms with E-state index in [0.717, 1.165) is 0 Å². The summed E-state index contributed by atoms with van der Waals surface area (Å²) >= 11 is 0. The van der Waals surface area contributed by atoms with Crippen LogP contribution in [-0.4, -0.2) is 43.4 Å². The Hall–Kier alpha value is -2.10. The summed E-state index contributed by atoms with van der Waals surface area (Å²) in [4.78, 5) is 11.2. The fourth-order valence-electron chi connectivity index (χ4n) is 1.69. The van der Waals surface area contributed by atoms with E-state index < -0.39 is 6.10 Å². The van der Waals surface area contributed by atoms with Crippen LogP contribution in [0.25, 0.3) is 0 Å². The zero-order valence-electron chi connectivity index (χ0n) is 12.1. The highest BCUT2D eigenvalue weighted by atomic mass is 16.5. The summed E-state index contributed by atoms with van der Waals surface area (Å²) in [6, 6.07) is 8.90. The lowest BCUT2D eigenvalue weighted by Gasteiger charge is -2.13. The molecule has 0 aliphatic carbocycles. The Kier molecular flexibility index (Phi) is 7.87. The minimum absolute atomic E-state index is 0.0151. The molecule has 21 heavy (non-hydrogen) atoms. The van der Waals surface area contributed by atoms with E-state index in [-0.39, 0.29) is 12.5 Å². The molecule has 0 heterocycles. The highest BCUT2D eigenvalue weighted by Crippen LogP contribution is 2.16. The first-order valence-electron chi connectivity index (χ1n) is 6.94. The number of carbonyl (C=O) groups is 1. The molecule has 114 valence electrons. The predicted octanol–water partition coefficient (Wildman–Crippen LogP) is 0.414. The average Bonchev–Trinajstić information content (AvgIpc) is 2.50. The average molecular weight is 291 g/mol. The van der Waals surface area contributed by atoms with E-state index in [0.29, 0.717) is 37.4 Å². The lowest BCUT2D eigenvalue weighted by atomic mass is 10.2. The van der Waals surface area contributed by atoms with Crippen LogP contribution >= 0.6 is 0 Å². The Balaban J connectivity index is 2.21. The van der Waals surface area contributed by atoms with Gasteiger partial charge in [0.05, 0.1) is 5.56 Å². The number of hydrogen-bond donors (Lipinski definition) is 3. The molecular formula is C15H21N3O3. The highest BCUT2D eigenvalue weighted by molar-refractivity contribution is 5.75. The number of aliphatic hydroxyl groups excluding tert-OH is 1. The number of aliphatic hydroxyl groups is 1. The SMILES string of the molecule is CCNC(=O)CCNCC(O)COc1ccccc1C#N. The van der Waals surface area contributed by atoms with Gasteiger partial charge in [0.15, 0.2) is 0 Å². The van der Waals surface area contributed by atoms with Gasteiger partial charge in [-0.2, -0.15) is 5.26 Å². The second kappa shape index (κ2) is 9.75. The Morgan fingerprint density at radius 2 is 2.24 bits per heavy atom. The van der Waals surface area contributed by atoms with Crippen LogP contribution in [0.1, 0.15) is 18.9 Å². The normalized spacial score (nSPS) is 11.5. The fraction of sp³-hybridized carbons (Fsp3) is 0.467. The van der Waals surface area contributed by atoms with Crippen molar-refractivity contribution in [1.82, 2.24) is 10.6 Å². The molecule has 0 saturated heterocycles. The number of para-hydroxylation sites is 1. The van der Waals surface area contributed by atoms with Crippen LogP contribution in [0, 0.1) is 11.3 Å². The van der Waals surface area contributed by atoms with Crippen molar-refractivity contribution in [2.75, 3.05) is 26.2 Å². The minimum atomic E-state index is -0.703. The summed E-state index contributed by atoms with van der Waals surface area (Å²) in [6.07, 6.45) is -0.329. The molecule has 1 unspecified atom stereocenters. The van der Waals surface area contributed by atoms with E-state index in [1.165, 1.54) is 0 Å². The van der Waals surface area contributed by atoms with Crippen molar-refractivity contribution in [2.24, 2.45) is 0 Å². The number of nitrogens with zero attached hydrogens (tertiary/aromatic N) is 1. The smallest absolute Gasteiger partial charge is 0.221 e. The van der Waals surface area contributed by atoms with Gasteiger partial charge in [-0.05, 0) is 19.1 Å². The van der Waals surface area contributed by atoms with E-state index in [1.54, 1.807) is 24.3 Å². The number of carbonyl (C=O) groups excluding carboxylic acids is 1. The monoisotopic (exact) mass is 291 g/mol. The first kappa shape index (κ1) is 17.0. The first-order valence-corrected chi connectivity index (χ1v) is 6.94. The Morgan fingerprint density at radius 3 is 2.95 bits per heavy atom. The summed E-state index contributed by atoms with van der Waals surface area (Å²) in [5.41, 5.74) is 0.439. The second-order valence-electron chi connectivity index (χ2n) is 4.48. The molecule has 1 amide bonds. The van der Waals surface area contributed by atoms with E-state index in [1.807, 2.05) is 13.0 Å². The topological polar surface area (TPSA) is 94.4 Å². The molecule has 0 radical (unpaired) electrons. The van der Waals surface area contributed by atoms with Gasteiger partial charge >= 0.3 is 0 Å². The lowest BCUT2D eigenvalue weighted by molar-refractivity contribution is -0.120. The van der Waals surface area contributed by atoms with Crippen molar-refractivity contribution in [3.05, 3.63) is 29.8 Å². The van der Waals surface area contributed by atoms with E-state index >= 15 is 0 Å². The van der Waals surface area contributed by atoms with Gasteiger partial charge in [-0.25, -0.2) is 0 Å². The maximum Gasteiger partial charge on any atom is 0.221 e. The van der Waals surface area contributed by atoms with Crippen LogP contribution in [0.4, 0.5) is 0 Å². The standard InChI is InChI=1S/C15H21N3O3/c1-2-18-15(20)7-8-17-10-13(19)11-21-14-6-4-3-5-12(14)9-16/h3-6,13,17,19H,2,7-8,10-11H2,1H3,(H,18,20). The third kappa shape index (κ3) is 6.75. The highest BCUT2D eigenvalue weighted by Gasteiger charge is 2.08. The van der Waals surface area contributed by atoms with Gasteiger partial charge in [-0.15, -0.1) is 0 Å². The molecule has 1 aromatic carbocycles. The molecule has 1 rings (SSSR count). The fourth-order valence-corrected chi connectivity index (χ4v) is 1.69. The molecule has 0 aromatic heterocycles. The van der Waals surface area contributed by atoms with Gasteiger partial charge in [0.2, 0.25) is 5.91 Å². The molecule has 1 aromatic rings. The van der Waals surface area contributed by atoms with Crippen LogP contribution < -0.4 is 15.4 Å². The molecule has 0 aliphatic heterocycles. The molecular weight excluding hydrogens is 270 g/mol. The zero-order chi connectivity index (χ0) is 15.5. The lowest BCUT2D eigenvalue weighted by Crippen LogP contribution is -2.34. The number of ether oxygens (including phenoxy) is 1. The maximum absolute atomic E-state index is 11.2. The second-order valence-corrected chi connectivity index (χ2v) is 4.48. The molecule has 1 atom stereocenters. The molecule has 0 fully saturated rings. The number of benzene rings is 1. The Bertz CT molecular complexity index is 485. The maximum atomic E-state index is 11.2. The van der Waals surface area contributed by atoms with E-state index in [2.05, 4.69) is 10.6 Å². The summed E-state index contributed by atoms with van der Waals surface area (Å²) in [5.74, 6) is 0.445. The van der Waals surface area contributed by atoms with Gasteiger partial charge in [0, 0.05) is 26.1 Å². The summed E-state index contributed by atoms with van der Waals surface area (Å²) in [6.45, 7) is 3.40. The number of nitrogens with one attached hydrogen (secondary N) is 2. The zero-order valence-corrected chi connectivity index (χ0v) is 12.1. The number of rotatable bonds is 9. The summed E-state index contributed by atoms with van der Waals surface area (Å²) in [5, 5.41) is 24.4. The molecule has 6 heteroatoms. The number of hydrogen-bond acceptors (Lipinski definition) is 5. The van der Waals surface area contributed by atoms with Gasteiger partial charge in [-0.3, -0.25) is 4.79 Å². The van der Waals surface area contributed by atoms with Crippen molar-refractivity contribution in [3.8, 4) is 11.8 Å². The molecule has 0 bridgehead atoms. The molecule has 6 nitrogen and oxygen atoms in total. The Morgan fingerprint density at radius 1 is 1.48 bits per heavy atom. The summed E-state index contributed by atoms with van der Waals surface area (Å²) < 4.78 is 5.41. The first-order chi connectivity index (χ1) is 10.2. The third-order valence-corrected chi connectivity index (χ3v) is 2.72. The van der Waals surface area contributed by atoms with Crippen LogP contribution in [0.2, 0.25) is 0 Å². The van der Waals surface area contributed by atoms with Crippen molar-refractivity contribution < 1.29 is 14.6 Å². The van der Waals surface area contributed by atoms with Gasteiger partial charge in [-0.1, -0.05) is 12.1 Å². The van der Waals surface area contributed by atoms with Crippen LogP contribution in [-0.2, 0) is 4.79 Å². The number of amides is 1. The van der Waals surface area contributed by atoms with Crippen LogP contribution in [0.15, 0.2) is 24.3 Å². The molecule has 0 spiro atoms. The number of nitriles is 1. The largest absolute Gasteiger partial charge is 0.489 e. The van der Waals surface area contributed by atoms with E-state index in [4.69, 9.17) is 10.00 Å². The molecule has 0 aliphatic rings. The van der Waals surface area contributed by atoms with Gasteiger partial charge in [0.25, 0.3) is 0 Å². The van der Waals surface area contributed by atoms with Crippen molar-refractivity contribution >= 4 is 5.91 Å². The van der Waals surface area contributed by atoms with Crippen LogP contribution in [0.3, 0.4) is 0 Å². The molecule has 0 saturated carbocycles. The third-order valence-electron chi connectivity index (χ3n) is 2.72. The van der Waals surface area contributed by atoms with Gasteiger partial charge < -0.3 is 20.5 Å². The van der Waals surface area contributed by atoms with Crippen molar-refractivity contribution in [2.45, 2.75) is 19.4 Å². The quantitative estimate of drug-likeness (QED) is 0.573. The van der Waals surface area contributed by atoms with Gasteiger partial charge in [0.1, 0.15) is 24.5 Å². The predicted molar refractivity (Wildman–Crippen MR) is 78.8 cm³/mol.